The summed E-state index contributed by atoms with van der Waals surface area (Å²) in [7, 11) is 3.31. The minimum Gasteiger partial charge on any atom is -0.351 e. The van der Waals surface area contributed by atoms with Gasteiger partial charge in [0.25, 0.3) is 0 Å². The van der Waals surface area contributed by atoms with Gasteiger partial charge in [0.2, 0.25) is 41.4 Å². The van der Waals surface area contributed by atoms with Crippen molar-refractivity contribution < 1.29 is 38.0 Å². The lowest BCUT2D eigenvalue weighted by atomic mass is 9.84. The first-order valence-corrected chi connectivity index (χ1v) is 26.3. The number of likely N-dealkylation sites (tertiary alicyclic amines) is 1. The van der Waals surface area contributed by atoms with Crippen molar-refractivity contribution in [3.8, 4) is 0 Å². The van der Waals surface area contributed by atoms with Gasteiger partial charge < -0.3 is 46.6 Å². The molecule has 2 unspecified atom stereocenters. The van der Waals surface area contributed by atoms with E-state index in [-0.39, 0.29) is 80.6 Å². The van der Waals surface area contributed by atoms with E-state index in [4.69, 9.17) is 0 Å². The molecule has 74 heavy (non-hydrogen) atoms. The van der Waals surface area contributed by atoms with Crippen LogP contribution in [0, 0.1) is 16.6 Å². The summed E-state index contributed by atoms with van der Waals surface area (Å²) < 4.78 is 15.6. The van der Waals surface area contributed by atoms with Gasteiger partial charge >= 0.3 is 0 Å². The van der Waals surface area contributed by atoms with E-state index in [0.29, 0.717) is 0 Å². The van der Waals surface area contributed by atoms with Crippen LogP contribution in [0.25, 0.3) is 0 Å². The molecule has 0 spiro atoms. The van der Waals surface area contributed by atoms with Gasteiger partial charge in [-0.1, -0.05) is 108 Å². The van der Waals surface area contributed by atoms with E-state index in [0.717, 1.165) is 41.5 Å². The number of carbonyl (C=O) groups is 7. The minimum absolute atomic E-state index is 0.0137. The zero-order valence-electron chi connectivity index (χ0n) is 45.3. The molecular weight excluding hydrogens is 942 g/mol. The molecule has 402 valence electrons. The maximum Gasteiger partial charge on any atom is 0.246 e. The summed E-state index contributed by atoms with van der Waals surface area (Å²) in [6.45, 7) is 16.4. The Morgan fingerprint density at radius 1 is 0.703 bits per heavy atom. The molecule has 3 aliphatic rings. The normalized spacial score (nSPS) is 20.6. The fourth-order valence-corrected chi connectivity index (χ4v) is 10.4. The van der Waals surface area contributed by atoms with E-state index in [1.807, 2.05) is 84.0 Å². The van der Waals surface area contributed by atoms with Crippen LogP contribution in [-0.2, 0) is 52.9 Å². The zero-order chi connectivity index (χ0) is 54.2. The second-order valence-corrected chi connectivity index (χ2v) is 22.6. The lowest BCUT2D eigenvalue weighted by molar-refractivity contribution is -0.152. The van der Waals surface area contributed by atoms with Gasteiger partial charge in [0, 0.05) is 44.1 Å². The summed E-state index contributed by atoms with van der Waals surface area (Å²) in [5.41, 5.74) is 2.73. The summed E-state index contributed by atoms with van der Waals surface area (Å²) in [5.74, 6) is -3.27. The number of carbonyl (C=O) groups excluding carboxylic acids is 7. The molecule has 0 saturated carbocycles. The lowest BCUT2D eigenvalue weighted by Crippen LogP contribution is -2.62. The summed E-state index contributed by atoms with van der Waals surface area (Å²) in [6, 6.07) is 15.0. The Morgan fingerprint density at radius 2 is 1.26 bits per heavy atom. The van der Waals surface area contributed by atoms with Gasteiger partial charge in [-0.2, -0.15) is 0 Å². The van der Waals surface area contributed by atoms with Crippen LogP contribution in [0.1, 0.15) is 134 Å². The molecule has 0 aromatic heterocycles. The standard InChI is InChI=1S/C57H80FN9O7/c1-34(59-10)50(69)63-48(56(4,5)6)54(73)66-32-39-22-13-12-21-38(39)30-46(66)53(72)65(36(3)41-24-16-17-26-43(41)58)29-19-28-47(68)61-40-31-45(52(71)62-44-27-18-23-37-20-14-15-25-42(37)44)67(33-40)55(74)49(57(7,8)9)64-51(70)35(2)60-11/h12-17,20-22,24-26,34-36,40,44-46,48-49,59-60H,18-19,23,27-33H2,1-11H3,(H,61,68)(H,62,71)(H,63,69)(H,64,70)/t34-,35-,36+,40?,44?,45-,46-,48+,49+/m0/s1. The molecule has 1 fully saturated rings. The fraction of sp³-hybridized carbons (Fsp3) is 0.561. The van der Waals surface area contributed by atoms with Crippen LogP contribution in [0.15, 0.2) is 72.8 Å². The van der Waals surface area contributed by atoms with Crippen LogP contribution in [0.5, 0.6) is 0 Å². The van der Waals surface area contributed by atoms with E-state index < -0.39 is 82.7 Å². The average molecular weight is 1020 g/mol. The minimum atomic E-state index is -1.03. The Labute approximate surface area is 437 Å². The molecule has 16 nitrogen and oxygen atoms in total. The molecule has 3 aromatic carbocycles. The highest BCUT2D eigenvalue weighted by Crippen LogP contribution is 2.34. The number of likely N-dealkylation sites (N-methyl/N-ethyl adjacent to an activating group) is 2. The zero-order valence-corrected chi connectivity index (χ0v) is 45.3. The molecule has 6 rings (SSSR count). The molecule has 0 radical (unpaired) electrons. The Kier molecular flexibility index (Phi) is 18.8. The topological polar surface area (TPSA) is 201 Å². The highest BCUT2D eigenvalue weighted by Gasteiger charge is 2.47. The smallest absolute Gasteiger partial charge is 0.246 e. The van der Waals surface area contributed by atoms with Gasteiger partial charge in [-0.3, -0.25) is 33.6 Å². The molecular formula is C57H80FN9O7. The number of hydrogen-bond acceptors (Lipinski definition) is 9. The largest absolute Gasteiger partial charge is 0.351 e. The maximum atomic E-state index is 15.6. The molecule has 7 amide bonds. The number of benzene rings is 3. The quantitative estimate of drug-likeness (QED) is 0.101. The van der Waals surface area contributed by atoms with E-state index in [1.54, 1.807) is 53.1 Å². The average Bonchev–Trinajstić information content (AvgIpc) is 3.80. The van der Waals surface area contributed by atoms with E-state index >= 15 is 9.18 Å². The first-order valence-electron chi connectivity index (χ1n) is 26.3. The molecule has 3 aromatic rings. The van der Waals surface area contributed by atoms with Crippen molar-refractivity contribution in [1.29, 1.82) is 0 Å². The first-order chi connectivity index (χ1) is 34.9. The van der Waals surface area contributed by atoms with Gasteiger partial charge in [-0.05, 0) is 106 Å². The van der Waals surface area contributed by atoms with Gasteiger partial charge in [-0.15, -0.1) is 0 Å². The molecule has 17 heteroatoms. The van der Waals surface area contributed by atoms with Crippen LogP contribution < -0.4 is 31.9 Å². The Bertz CT molecular complexity index is 2520. The number of fused-ring (bicyclic) bond motifs is 2. The highest BCUT2D eigenvalue weighted by molar-refractivity contribution is 5.95. The van der Waals surface area contributed by atoms with Gasteiger partial charge in [0.1, 0.15) is 30.0 Å². The van der Waals surface area contributed by atoms with Crippen LogP contribution in [0.3, 0.4) is 0 Å². The van der Waals surface area contributed by atoms with Crippen LogP contribution in [0.2, 0.25) is 0 Å². The first kappa shape index (κ1) is 57.1. The van der Waals surface area contributed by atoms with Crippen molar-refractivity contribution in [2.24, 2.45) is 10.8 Å². The Hall–Kier alpha value is -6.20. The number of halogens is 1. The van der Waals surface area contributed by atoms with Crippen molar-refractivity contribution in [2.75, 3.05) is 27.2 Å². The van der Waals surface area contributed by atoms with Crippen molar-refractivity contribution in [3.05, 3.63) is 106 Å². The SMILES string of the molecule is CN[C@@H](C)C(=O)N[C@H](C(=O)N1CC(NC(=O)CCCN(C(=O)[C@@H]2Cc3ccccc3CN2C(=O)[C@@H](NC(=O)[C@H](C)NC)C(C)(C)C)[C@H](C)c2ccccc2F)C[C@H]1C(=O)NC1CCCc2ccccc21)C(C)(C)C. The number of amides is 7. The van der Waals surface area contributed by atoms with Crippen molar-refractivity contribution in [2.45, 2.75) is 168 Å². The van der Waals surface area contributed by atoms with Crippen LogP contribution in [-0.4, -0.2) is 126 Å². The molecule has 1 saturated heterocycles. The van der Waals surface area contributed by atoms with Gasteiger partial charge in [0.15, 0.2) is 0 Å². The third-order valence-electron chi connectivity index (χ3n) is 15.1. The third-order valence-corrected chi connectivity index (χ3v) is 15.1. The summed E-state index contributed by atoms with van der Waals surface area (Å²) in [5, 5.41) is 18.0. The van der Waals surface area contributed by atoms with Crippen molar-refractivity contribution in [1.82, 2.24) is 46.6 Å². The molecule has 0 bridgehead atoms. The number of hydrogen-bond donors (Lipinski definition) is 6. The summed E-state index contributed by atoms with van der Waals surface area (Å²) in [4.78, 5) is 105. The lowest BCUT2D eigenvalue weighted by Gasteiger charge is -2.43. The third kappa shape index (κ3) is 13.5. The Morgan fingerprint density at radius 3 is 1.85 bits per heavy atom. The molecule has 6 N–H and O–H groups in total. The molecule has 2 aliphatic heterocycles. The van der Waals surface area contributed by atoms with Crippen molar-refractivity contribution >= 4 is 41.4 Å². The predicted molar refractivity (Wildman–Crippen MR) is 282 cm³/mol. The fourth-order valence-electron chi connectivity index (χ4n) is 10.4. The van der Waals surface area contributed by atoms with Gasteiger partial charge in [-0.25, -0.2) is 4.39 Å². The van der Waals surface area contributed by atoms with E-state index in [9.17, 15) is 28.8 Å². The molecule has 2 heterocycles. The number of aryl methyl sites for hydroxylation is 1. The number of rotatable bonds is 18. The monoisotopic (exact) mass is 1020 g/mol. The summed E-state index contributed by atoms with van der Waals surface area (Å²) >= 11 is 0. The van der Waals surface area contributed by atoms with Crippen molar-refractivity contribution in [3.63, 3.8) is 0 Å². The van der Waals surface area contributed by atoms with Crippen LogP contribution in [0.4, 0.5) is 4.39 Å². The second kappa shape index (κ2) is 24.4. The molecule has 9 atom stereocenters. The van der Waals surface area contributed by atoms with Gasteiger partial charge in [0.05, 0.1) is 24.2 Å². The predicted octanol–water partition coefficient (Wildman–Crippen LogP) is 5.01. The maximum absolute atomic E-state index is 15.6. The van der Waals surface area contributed by atoms with Crippen LogP contribution >= 0.6 is 0 Å². The Balaban J connectivity index is 1.24. The highest BCUT2D eigenvalue weighted by atomic mass is 19.1. The second-order valence-electron chi connectivity index (χ2n) is 22.6. The van der Waals surface area contributed by atoms with E-state index in [1.165, 1.54) is 20.8 Å². The number of nitrogens with zero attached hydrogens (tertiary/aromatic N) is 3. The number of nitrogens with one attached hydrogen (secondary N) is 6. The molecule has 1 aliphatic carbocycles. The summed E-state index contributed by atoms with van der Waals surface area (Å²) in [6.07, 6.45) is 2.91. The van der Waals surface area contributed by atoms with E-state index in [2.05, 4.69) is 38.0 Å².